The Bertz CT molecular complexity index is 384. The molecule has 0 aliphatic heterocycles. The smallest absolute Gasteiger partial charge is 0.233 e. The first-order valence-electron chi connectivity index (χ1n) is 4.50. The van der Waals surface area contributed by atoms with Crippen molar-refractivity contribution in [3.63, 3.8) is 0 Å². The minimum absolute atomic E-state index is 0.122. The van der Waals surface area contributed by atoms with E-state index in [0.29, 0.717) is 5.82 Å². The Morgan fingerprint density at radius 2 is 2.44 bits per heavy atom. The molecule has 1 heterocycles. The number of nitrogens with two attached hydrogens (primary N) is 1. The second kappa shape index (κ2) is 4.60. The number of carbonyl (C=O) groups is 1. The predicted octanol–water partition coefficient (Wildman–Crippen LogP) is -0.542. The number of hydrogen-bond donors (Lipinski definition) is 3. The van der Waals surface area contributed by atoms with Gasteiger partial charge < -0.3 is 20.8 Å². The quantitative estimate of drug-likeness (QED) is 0.274. The minimum Gasteiger partial charge on any atom is -0.409 e. The summed E-state index contributed by atoms with van der Waals surface area (Å²) >= 11 is 0. The molecular formula is C8H13N5O3. The van der Waals surface area contributed by atoms with E-state index >= 15 is 0 Å². The molecule has 0 saturated carbocycles. The molecule has 8 nitrogen and oxygen atoms in total. The number of hydrogen-bond acceptors (Lipinski definition) is 6. The lowest BCUT2D eigenvalue weighted by molar-refractivity contribution is -0.126. The summed E-state index contributed by atoms with van der Waals surface area (Å²) in [5.74, 6) is -0.214. The van der Waals surface area contributed by atoms with Crippen molar-refractivity contribution in [2.45, 2.75) is 20.4 Å². The summed E-state index contributed by atoms with van der Waals surface area (Å²) in [4.78, 5) is 15.4. The molecule has 0 radical (unpaired) electrons. The van der Waals surface area contributed by atoms with Crippen molar-refractivity contribution in [2.24, 2.45) is 16.3 Å². The zero-order valence-corrected chi connectivity index (χ0v) is 8.97. The highest BCUT2D eigenvalue weighted by atomic mass is 16.5. The molecule has 0 atom stereocenters. The maximum absolute atomic E-state index is 11.7. The number of amidine groups is 1. The molecule has 0 bridgehead atoms. The van der Waals surface area contributed by atoms with Gasteiger partial charge in [-0.15, -0.1) is 0 Å². The van der Waals surface area contributed by atoms with Gasteiger partial charge in [0.1, 0.15) is 5.41 Å². The highest BCUT2D eigenvalue weighted by molar-refractivity contribution is 6.05. The molecule has 1 amide bonds. The van der Waals surface area contributed by atoms with Gasteiger partial charge in [-0.3, -0.25) is 4.79 Å². The Balaban J connectivity index is 2.59. The SMILES string of the molecule is CC(C)(C(=O)NCc1ncon1)C(N)=NO. The summed E-state index contributed by atoms with van der Waals surface area (Å²) in [5.41, 5.74) is 4.29. The largest absolute Gasteiger partial charge is 0.409 e. The molecule has 0 aliphatic rings. The fraction of sp³-hybridized carbons (Fsp3) is 0.500. The molecule has 4 N–H and O–H groups in total. The van der Waals surface area contributed by atoms with E-state index in [1.807, 2.05) is 0 Å². The molecule has 1 aromatic rings. The molecule has 16 heavy (non-hydrogen) atoms. The molecule has 0 aliphatic carbocycles. The number of carbonyl (C=O) groups excluding carboxylic acids is 1. The van der Waals surface area contributed by atoms with Crippen LogP contribution in [0.4, 0.5) is 0 Å². The van der Waals surface area contributed by atoms with Gasteiger partial charge in [0.15, 0.2) is 11.7 Å². The average Bonchev–Trinajstić information content (AvgIpc) is 2.77. The Kier molecular flexibility index (Phi) is 3.44. The summed E-state index contributed by atoms with van der Waals surface area (Å²) in [5, 5.41) is 17.4. The molecule has 0 saturated heterocycles. The van der Waals surface area contributed by atoms with E-state index in [4.69, 9.17) is 10.9 Å². The second-order valence-electron chi connectivity index (χ2n) is 3.64. The van der Waals surface area contributed by atoms with Crippen molar-refractivity contribution >= 4 is 11.7 Å². The van der Waals surface area contributed by atoms with Crippen LogP contribution in [0.25, 0.3) is 0 Å². The molecule has 0 spiro atoms. The van der Waals surface area contributed by atoms with Crippen molar-refractivity contribution in [2.75, 3.05) is 0 Å². The third-order valence-electron chi connectivity index (χ3n) is 2.13. The van der Waals surface area contributed by atoms with E-state index in [9.17, 15) is 4.79 Å². The van der Waals surface area contributed by atoms with Gasteiger partial charge in [-0.05, 0) is 13.8 Å². The third-order valence-corrected chi connectivity index (χ3v) is 2.13. The molecular weight excluding hydrogens is 214 g/mol. The molecule has 0 aromatic carbocycles. The van der Waals surface area contributed by atoms with Crippen LogP contribution in [0.15, 0.2) is 16.1 Å². The van der Waals surface area contributed by atoms with Gasteiger partial charge in [-0.1, -0.05) is 10.3 Å². The molecule has 1 aromatic heterocycles. The van der Waals surface area contributed by atoms with Crippen LogP contribution in [0, 0.1) is 5.41 Å². The molecule has 0 fully saturated rings. The van der Waals surface area contributed by atoms with Crippen molar-refractivity contribution in [3.05, 3.63) is 12.2 Å². The number of amides is 1. The van der Waals surface area contributed by atoms with E-state index in [2.05, 4.69) is 25.1 Å². The van der Waals surface area contributed by atoms with Crippen molar-refractivity contribution in [1.29, 1.82) is 0 Å². The number of rotatable bonds is 4. The number of oxime groups is 1. The Labute approximate surface area is 91.5 Å². The highest BCUT2D eigenvalue weighted by Crippen LogP contribution is 2.15. The van der Waals surface area contributed by atoms with Gasteiger partial charge in [-0.2, -0.15) is 4.98 Å². The Morgan fingerprint density at radius 3 is 2.94 bits per heavy atom. The maximum atomic E-state index is 11.7. The van der Waals surface area contributed by atoms with E-state index < -0.39 is 11.3 Å². The highest BCUT2D eigenvalue weighted by Gasteiger charge is 2.32. The Morgan fingerprint density at radius 1 is 1.75 bits per heavy atom. The molecule has 8 heteroatoms. The van der Waals surface area contributed by atoms with Gasteiger partial charge in [0.05, 0.1) is 6.54 Å². The van der Waals surface area contributed by atoms with Crippen molar-refractivity contribution in [3.8, 4) is 0 Å². The third kappa shape index (κ3) is 2.47. The van der Waals surface area contributed by atoms with Crippen LogP contribution in [0.3, 0.4) is 0 Å². The van der Waals surface area contributed by atoms with Crippen LogP contribution < -0.4 is 11.1 Å². The van der Waals surface area contributed by atoms with Crippen molar-refractivity contribution in [1.82, 2.24) is 15.5 Å². The van der Waals surface area contributed by atoms with Gasteiger partial charge in [0, 0.05) is 0 Å². The van der Waals surface area contributed by atoms with Gasteiger partial charge >= 0.3 is 0 Å². The standard InChI is InChI=1S/C8H13N5O3/c1-8(2,6(9)12-15)7(14)10-3-5-11-4-16-13-5/h4,15H,3H2,1-2H3,(H2,9,12)(H,10,14). The van der Waals surface area contributed by atoms with Crippen LogP contribution >= 0.6 is 0 Å². The lowest BCUT2D eigenvalue weighted by atomic mass is 9.91. The van der Waals surface area contributed by atoms with E-state index in [-0.39, 0.29) is 12.4 Å². The second-order valence-corrected chi connectivity index (χ2v) is 3.64. The topological polar surface area (TPSA) is 127 Å². The summed E-state index contributed by atoms with van der Waals surface area (Å²) in [6.45, 7) is 3.19. The summed E-state index contributed by atoms with van der Waals surface area (Å²) in [7, 11) is 0. The van der Waals surface area contributed by atoms with Gasteiger partial charge in [0.25, 0.3) is 0 Å². The molecule has 0 unspecified atom stereocenters. The summed E-state index contributed by atoms with van der Waals surface area (Å²) in [6, 6.07) is 0. The monoisotopic (exact) mass is 227 g/mol. The van der Waals surface area contributed by atoms with Crippen LogP contribution in [0.2, 0.25) is 0 Å². The summed E-state index contributed by atoms with van der Waals surface area (Å²) < 4.78 is 4.50. The average molecular weight is 227 g/mol. The predicted molar refractivity (Wildman–Crippen MR) is 53.3 cm³/mol. The van der Waals surface area contributed by atoms with Crippen LogP contribution in [0.1, 0.15) is 19.7 Å². The van der Waals surface area contributed by atoms with E-state index in [1.165, 1.54) is 13.8 Å². The zero-order valence-electron chi connectivity index (χ0n) is 8.97. The summed E-state index contributed by atoms with van der Waals surface area (Å²) in [6.07, 6.45) is 1.16. The number of nitrogens with one attached hydrogen (secondary N) is 1. The normalized spacial score (nSPS) is 12.5. The lowest BCUT2D eigenvalue weighted by Gasteiger charge is -2.21. The van der Waals surface area contributed by atoms with Gasteiger partial charge in [0.2, 0.25) is 12.3 Å². The van der Waals surface area contributed by atoms with Crippen LogP contribution in [0.5, 0.6) is 0 Å². The fourth-order valence-corrected chi connectivity index (χ4v) is 0.892. The first kappa shape index (κ1) is 12.0. The Hall–Kier alpha value is -2.12. The van der Waals surface area contributed by atoms with Gasteiger partial charge in [-0.25, -0.2) is 0 Å². The van der Waals surface area contributed by atoms with E-state index in [0.717, 1.165) is 6.39 Å². The van der Waals surface area contributed by atoms with E-state index in [1.54, 1.807) is 0 Å². The van der Waals surface area contributed by atoms with Crippen LogP contribution in [-0.4, -0.2) is 27.1 Å². The first-order valence-corrected chi connectivity index (χ1v) is 4.50. The zero-order chi connectivity index (χ0) is 12.2. The fourth-order valence-electron chi connectivity index (χ4n) is 0.892. The maximum Gasteiger partial charge on any atom is 0.233 e. The number of aromatic nitrogens is 2. The van der Waals surface area contributed by atoms with Crippen molar-refractivity contribution < 1.29 is 14.5 Å². The number of nitrogens with zero attached hydrogens (tertiary/aromatic N) is 3. The van der Waals surface area contributed by atoms with Crippen LogP contribution in [-0.2, 0) is 11.3 Å². The molecule has 1 rings (SSSR count). The minimum atomic E-state index is -1.10. The first-order chi connectivity index (χ1) is 7.48. The lowest BCUT2D eigenvalue weighted by Crippen LogP contribution is -2.45. The molecule has 88 valence electrons.